The molecule has 3 nitrogen and oxygen atoms in total. The zero-order chi connectivity index (χ0) is 16.1. The Morgan fingerprint density at radius 3 is 1.13 bits per heavy atom. The summed E-state index contributed by atoms with van der Waals surface area (Å²) in [6.07, 6.45) is 0. The molecule has 0 aliphatic rings. The van der Waals surface area contributed by atoms with Gasteiger partial charge in [0.15, 0.2) is 0 Å². The largest absolute Gasteiger partial charge is 0.368 e. The molecule has 3 rings (SSSR count). The van der Waals surface area contributed by atoms with Crippen LogP contribution in [0.3, 0.4) is 0 Å². The predicted molar refractivity (Wildman–Crippen MR) is 97.6 cm³/mol. The molecular formula is C18H17O3P2+. The Balaban J connectivity index is 2.30. The zero-order valence-electron chi connectivity index (χ0n) is 12.4. The van der Waals surface area contributed by atoms with Crippen LogP contribution in [0.4, 0.5) is 0 Å². The molecule has 0 fully saturated rings. The second kappa shape index (κ2) is 7.31. The van der Waals surface area contributed by atoms with E-state index in [1.54, 1.807) is 0 Å². The van der Waals surface area contributed by atoms with Crippen LogP contribution < -0.4 is 15.9 Å². The van der Waals surface area contributed by atoms with E-state index in [4.69, 9.17) is 4.31 Å². The van der Waals surface area contributed by atoms with Gasteiger partial charge < -0.3 is 9.79 Å². The van der Waals surface area contributed by atoms with Crippen molar-refractivity contribution in [3.8, 4) is 0 Å². The van der Waals surface area contributed by atoms with Crippen LogP contribution in [-0.4, -0.2) is 9.79 Å². The summed E-state index contributed by atoms with van der Waals surface area (Å²) in [5.74, 6) is 0. The Morgan fingerprint density at radius 1 is 0.565 bits per heavy atom. The highest BCUT2D eigenvalue weighted by Crippen LogP contribution is 2.63. The molecule has 0 aromatic heterocycles. The van der Waals surface area contributed by atoms with E-state index >= 15 is 0 Å². The summed E-state index contributed by atoms with van der Waals surface area (Å²) in [6, 6.07) is 29.3. The van der Waals surface area contributed by atoms with E-state index in [9.17, 15) is 9.79 Å². The van der Waals surface area contributed by atoms with Gasteiger partial charge in [0.1, 0.15) is 15.9 Å². The maximum atomic E-state index is 9.70. The van der Waals surface area contributed by atoms with Gasteiger partial charge in [-0.15, -0.1) is 4.31 Å². The van der Waals surface area contributed by atoms with Gasteiger partial charge in [-0.1, -0.05) is 54.6 Å². The first-order valence-corrected chi connectivity index (χ1v) is 10.0. The minimum Gasteiger partial charge on any atom is -0.326 e. The van der Waals surface area contributed by atoms with Crippen molar-refractivity contribution in [1.82, 2.24) is 0 Å². The molecule has 0 unspecified atom stereocenters. The van der Waals surface area contributed by atoms with Gasteiger partial charge in [-0.2, -0.15) is 0 Å². The Labute approximate surface area is 137 Å². The minimum atomic E-state index is -2.58. The molecule has 0 saturated carbocycles. The van der Waals surface area contributed by atoms with Gasteiger partial charge in [0.05, 0.1) is 0 Å². The highest BCUT2D eigenvalue weighted by Gasteiger charge is 2.50. The summed E-state index contributed by atoms with van der Waals surface area (Å²) in [5, 5.41) is 2.86. The normalized spacial score (nSPS) is 11.6. The number of hydrogen-bond acceptors (Lipinski definition) is 3. The van der Waals surface area contributed by atoms with Gasteiger partial charge in [0, 0.05) is 0 Å². The van der Waals surface area contributed by atoms with Crippen LogP contribution >= 0.6 is 16.1 Å². The maximum Gasteiger partial charge on any atom is 0.368 e. The highest BCUT2D eigenvalue weighted by molar-refractivity contribution is 7.94. The SMILES string of the molecule is OP(O)O[P+](c1ccccc1)(c1ccccc1)c1ccccc1. The van der Waals surface area contributed by atoms with Crippen molar-refractivity contribution in [3.05, 3.63) is 91.0 Å². The van der Waals surface area contributed by atoms with Crippen LogP contribution in [0.2, 0.25) is 0 Å². The first kappa shape index (κ1) is 16.3. The summed E-state index contributed by atoms with van der Waals surface area (Å²) in [4.78, 5) is 19.4. The van der Waals surface area contributed by atoms with Crippen molar-refractivity contribution >= 4 is 32.0 Å². The number of hydrogen-bond donors (Lipinski definition) is 2. The second-order valence-corrected chi connectivity index (χ2v) is 8.88. The summed E-state index contributed by atoms with van der Waals surface area (Å²) in [7, 11) is -5.09. The molecule has 0 bridgehead atoms. The second-order valence-electron chi connectivity index (χ2n) is 4.95. The third-order valence-electron chi connectivity index (χ3n) is 3.55. The molecule has 5 heteroatoms. The molecule has 0 spiro atoms. The molecule has 3 aromatic carbocycles. The van der Waals surface area contributed by atoms with Crippen LogP contribution in [0.25, 0.3) is 0 Å². The Morgan fingerprint density at radius 2 is 0.870 bits per heavy atom. The number of benzene rings is 3. The summed E-state index contributed by atoms with van der Waals surface area (Å²) < 4.78 is 5.88. The lowest BCUT2D eigenvalue weighted by Gasteiger charge is -2.25. The topological polar surface area (TPSA) is 49.7 Å². The smallest absolute Gasteiger partial charge is 0.326 e. The standard InChI is InChI=1S/C18H17O3P2/c19-22(20)21-23(16-10-4-1-5-11-16,17-12-6-2-7-13-17)18-14-8-3-9-15-18/h1-15,19-20H/q+1. The van der Waals surface area contributed by atoms with Gasteiger partial charge in [-0.25, -0.2) is 0 Å². The van der Waals surface area contributed by atoms with E-state index in [0.29, 0.717) is 0 Å². The molecular weight excluding hydrogens is 326 g/mol. The van der Waals surface area contributed by atoms with E-state index in [0.717, 1.165) is 15.9 Å². The van der Waals surface area contributed by atoms with Gasteiger partial charge >= 0.3 is 8.60 Å². The monoisotopic (exact) mass is 343 g/mol. The van der Waals surface area contributed by atoms with Crippen LogP contribution in [0, 0.1) is 0 Å². The highest BCUT2D eigenvalue weighted by atomic mass is 31.3. The van der Waals surface area contributed by atoms with Crippen LogP contribution in [0.1, 0.15) is 0 Å². The van der Waals surface area contributed by atoms with Crippen LogP contribution in [-0.2, 0) is 4.31 Å². The van der Waals surface area contributed by atoms with Crippen molar-refractivity contribution in [3.63, 3.8) is 0 Å². The molecule has 0 aliphatic heterocycles. The fourth-order valence-electron chi connectivity index (χ4n) is 2.61. The molecule has 23 heavy (non-hydrogen) atoms. The third-order valence-corrected chi connectivity index (χ3v) is 8.20. The van der Waals surface area contributed by atoms with E-state index < -0.39 is 16.1 Å². The first-order valence-electron chi connectivity index (χ1n) is 7.17. The summed E-state index contributed by atoms with van der Waals surface area (Å²) in [6.45, 7) is 0. The molecule has 0 radical (unpaired) electrons. The Bertz CT molecular complexity index is 637. The third kappa shape index (κ3) is 3.35. The quantitative estimate of drug-likeness (QED) is 0.700. The van der Waals surface area contributed by atoms with E-state index in [1.807, 2.05) is 91.0 Å². The fourth-order valence-corrected chi connectivity index (χ4v) is 7.29. The van der Waals surface area contributed by atoms with Crippen molar-refractivity contribution < 1.29 is 14.1 Å². The molecule has 0 saturated heterocycles. The molecule has 116 valence electrons. The summed E-state index contributed by atoms with van der Waals surface area (Å²) >= 11 is 0. The molecule has 3 aromatic rings. The van der Waals surface area contributed by atoms with E-state index in [1.165, 1.54) is 0 Å². The molecule has 0 aliphatic carbocycles. The molecule has 2 N–H and O–H groups in total. The maximum absolute atomic E-state index is 9.70. The lowest BCUT2D eigenvalue weighted by Crippen LogP contribution is -2.31. The van der Waals surface area contributed by atoms with E-state index in [2.05, 4.69) is 0 Å². The average molecular weight is 343 g/mol. The Kier molecular flexibility index (Phi) is 5.17. The van der Waals surface area contributed by atoms with Gasteiger partial charge in [-0.3, -0.25) is 0 Å². The fraction of sp³-hybridized carbons (Fsp3) is 0. The molecule has 0 amide bonds. The lowest BCUT2D eigenvalue weighted by molar-refractivity contribution is 0.391. The summed E-state index contributed by atoms with van der Waals surface area (Å²) in [5.41, 5.74) is 0. The van der Waals surface area contributed by atoms with Crippen molar-refractivity contribution in [2.75, 3.05) is 0 Å². The van der Waals surface area contributed by atoms with Gasteiger partial charge in [0.25, 0.3) is 7.49 Å². The molecule has 0 heterocycles. The van der Waals surface area contributed by atoms with Gasteiger partial charge in [-0.05, 0) is 36.4 Å². The van der Waals surface area contributed by atoms with Crippen molar-refractivity contribution in [1.29, 1.82) is 0 Å². The average Bonchev–Trinajstić information content (AvgIpc) is 2.62. The predicted octanol–water partition coefficient (Wildman–Crippen LogP) is 3.12. The lowest BCUT2D eigenvalue weighted by atomic mass is 10.4. The Hall–Kier alpha value is -1.60. The van der Waals surface area contributed by atoms with Crippen LogP contribution in [0.5, 0.6) is 0 Å². The van der Waals surface area contributed by atoms with Crippen molar-refractivity contribution in [2.24, 2.45) is 0 Å². The van der Waals surface area contributed by atoms with Crippen molar-refractivity contribution in [2.45, 2.75) is 0 Å². The minimum absolute atomic E-state index is 0.952. The van der Waals surface area contributed by atoms with Gasteiger partial charge in [0.2, 0.25) is 0 Å². The first-order chi connectivity index (χ1) is 11.2. The van der Waals surface area contributed by atoms with Crippen LogP contribution in [0.15, 0.2) is 91.0 Å². The number of rotatable bonds is 5. The molecule has 0 atom stereocenters. The van der Waals surface area contributed by atoms with E-state index in [-0.39, 0.29) is 0 Å². The zero-order valence-corrected chi connectivity index (χ0v) is 14.1.